The minimum absolute atomic E-state index is 0.0455. The molecule has 6 N–H and O–H groups in total. The number of carbonyl (C=O) groups is 2. The third-order valence-corrected chi connectivity index (χ3v) is 9.16. The number of nitrogens with zero attached hydrogens (tertiary/aromatic N) is 1. The van der Waals surface area contributed by atoms with Crippen LogP contribution in [0.2, 0.25) is 0 Å². The fraction of sp³-hybridized carbons (Fsp3) is 0.333. The first-order valence-corrected chi connectivity index (χ1v) is 16.5. The molecule has 226 valence electrons. The van der Waals surface area contributed by atoms with Gasteiger partial charge in [0.05, 0.1) is 5.57 Å². The lowest BCUT2D eigenvalue weighted by molar-refractivity contribution is -0.125. The van der Waals surface area contributed by atoms with E-state index in [1.165, 1.54) is 6.20 Å². The SMILES string of the molecule is N/C=C(/C(=O)NC1CCN(CCCCC2(C(=O)NCC(P)(P)P)c3ccccc3-c3ccccc32)C1)c1ccccc1N. The number of carbonyl (C=O) groups excluding carboxylic acids is 2. The number of nitrogen functional groups attached to an aromatic ring is 1. The van der Waals surface area contributed by atoms with Crippen molar-refractivity contribution in [2.75, 3.05) is 31.9 Å². The Morgan fingerprint density at radius 3 is 2.21 bits per heavy atom. The molecular formula is C33H42N5O2P3. The molecule has 0 saturated carbocycles. The Balaban J connectivity index is 1.23. The van der Waals surface area contributed by atoms with Crippen LogP contribution in [-0.2, 0) is 15.0 Å². The summed E-state index contributed by atoms with van der Waals surface area (Å²) in [7, 11) is 8.26. The Morgan fingerprint density at radius 1 is 0.953 bits per heavy atom. The van der Waals surface area contributed by atoms with Crippen LogP contribution in [0.3, 0.4) is 0 Å². The van der Waals surface area contributed by atoms with Gasteiger partial charge in [-0.1, -0.05) is 73.2 Å². The van der Waals surface area contributed by atoms with Crippen LogP contribution >= 0.6 is 27.7 Å². The number of para-hydroxylation sites is 1. The van der Waals surface area contributed by atoms with Crippen molar-refractivity contribution in [1.82, 2.24) is 15.5 Å². The average Bonchev–Trinajstić information content (AvgIpc) is 3.55. The fourth-order valence-corrected chi connectivity index (χ4v) is 6.82. The summed E-state index contributed by atoms with van der Waals surface area (Å²) in [6.45, 7) is 3.11. The van der Waals surface area contributed by atoms with E-state index in [0.29, 0.717) is 23.4 Å². The maximum atomic E-state index is 14.1. The number of hydrogen-bond donors (Lipinski definition) is 4. The average molecular weight is 634 g/mol. The van der Waals surface area contributed by atoms with E-state index >= 15 is 0 Å². The Labute approximate surface area is 261 Å². The minimum Gasteiger partial charge on any atom is -0.404 e. The van der Waals surface area contributed by atoms with E-state index in [0.717, 1.165) is 67.6 Å². The molecule has 3 aromatic carbocycles. The molecule has 1 aliphatic heterocycles. The molecule has 1 fully saturated rings. The zero-order chi connectivity index (χ0) is 30.6. The second-order valence-electron chi connectivity index (χ2n) is 11.7. The third-order valence-electron chi connectivity index (χ3n) is 8.55. The minimum atomic E-state index is -0.732. The van der Waals surface area contributed by atoms with Crippen molar-refractivity contribution in [2.45, 2.75) is 41.8 Å². The molecule has 3 aromatic rings. The standard InChI is InChI=1S/C33H42N5O2P3/c34-19-26(25-11-3-6-14-29(25)35)30(39)37-22-15-18-38(20-22)17-8-7-16-32(31(40)36-21-33(41,42)43)27-12-4-1-9-23(27)24-10-2-5-13-28(24)32/h1-6,9-14,19,22H,7-8,15-18,20-21,34-35,41-43H2,(H,36,40)(H,37,39)/b26-19+. The van der Waals surface area contributed by atoms with Crippen molar-refractivity contribution in [2.24, 2.45) is 5.73 Å². The number of benzene rings is 3. The summed E-state index contributed by atoms with van der Waals surface area (Å²) in [6, 6.07) is 24.0. The largest absolute Gasteiger partial charge is 0.404 e. The van der Waals surface area contributed by atoms with Gasteiger partial charge in [-0.3, -0.25) is 9.59 Å². The Kier molecular flexibility index (Phi) is 9.89. The number of fused-ring (bicyclic) bond motifs is 3. The number of hydrogen-bond acceptors (Lipinski definition) is 5. The molecule has 43 heavy (non-hydrogen) atoms. The van der Waals surface area contributed by atoms with Gasteiger partial charge in [-0.05, 0) is 54.1 Å². The molecule has 10 heteroatoms. The maximum Gasteiger partial charge on any atom is 0.253 e. The number of nitrogens with two attached hydrogens (primary N) is 2. The predicted molar refractivity (Wildman–Crippen MR) is 187 cm³/mol. The van der Waals surface area contributed by atoms with Crippen LogP contribution in [0.5, 0.6) is 0 Å². The molecule has 7 nitrogen and oxygen atoms in total. The number of amides is 2. The van der Waals surface area contributed by atoms with Gasteiger partial charge >= 0.3 is 0 Å². The molecule has 2 amide bonds. The van der Waals surface area contributed by atoms with Crippen molar-refractivity contribution in [3.05, 3.63) is 95.7 Å². The van der Waals surface area contributed by atoms with Gasteiger partial charge in [0.25, 0.3) is 5.91 Å². The summed E-state index contributed by atoms with van der Waals surface area (Å²) in [6.07, 6.45) is 4.78. The summed E-state index contributed by atoms with van der Waals surface area (Å²) >= 11 is 0. The summed E-state index contributed by atoms with van der Waals surface area (Å²) in [4.78, 5) is 29.6. The fourth-order valence-electron chi connectivity index (χ4n) is 6.51. The first kappa shape index (κ1) is 31.6. The third kappa shape index (κ3) is 6.81. The molecule has 4 unspecified atom stereocenters. The molecular weight excluding hydrogens is 591 g/mol. The van der Waals surface area contributed by atoms with Gasteiger partial charge in [-0.25, -0.2) is 0 Å². The molecule has 0 aromatic heterocycles. The molecule has 5 rings (SSSR count). The summed E-state index contributed by atoms with van der Waals surface area (Å²) in [5.74, 6) is -0.155. The Bertz CT molecular complexity index is 1470. The highest BCUT2D eigenvalue weighted by atomic mass is 31.1. The summed E-state index contributed by atoms with van der Waals surface area (Å²) in [5, 5.41) is 6.40. The molecule has 1 heterocycles. The van der Waals surface area contributed by atoms with Crippen molar-refractivity contribution in [1.29, 1.82) is 0 Å². The van der Waals surface area contributed by atoms with Gasteiger partial charge in [-0.2, -0.15) is 0 Å². The van der Waals surface area contributed by atoms with Crippen LogP contribution in [-0.4, -0.2) is 53.6 Å². The summed E-state index contributed by atoms with van der Waals surface area (Å²) < 4.78 is -0.259. The normalized spacial score (nSPS) is 17.7. The number of nitrogens with one attached hydrogen (secondary N) is 2. The van der Waals surface area contributed by atoms with Crippen molar-refractivity contribution < 1.29 is 9.59 Å². The maximum absolute atomic E-state index is 14.1. The van der Waals surface area contributed by atoms with E-state index in [1.54, 1.807) is 6.07 Å². The Hall–Kier alpha value is -2.81. The van der Waals surface area contributed by atoms with Crippen LogP contribution in [0, 0.1) is 0 Å². The highest BCUT2D eigenvalue weighted by molar-refractivity contribution is 7.57. The second kappa shape index (κ2) is 13.4. The van der Waals surface area contributed by atoms with Gasteiger partial charge in [0.15, 0.2) is 0 Å². The lowest BCUT2D eigenvalue weighted by atomic mass is 9.73. The van der Waals surface area contributed by atoms with Gasteiger partial charge in [0, 0.05) is 47.8 Å². The first-order valence-electron chi connectivity index (χ1n) is 14.8. The molecule has 1 saturated heterocycles. The zero-order valence-electron chi connectivity index (χ0n) is 24.4. The topological polar surface area (TPSA) is 113 Å². The highest BCUT2D eigenvalue weighted by Crippen LogP contribution is 2.51. The predicted octanol–water partition coefficient (Wildman–Crippen LogP) is 4.29. The molecule has 1 aliphatic carbocycles. The number of likely N-dealkylation sites (tertiary alicyclic amines) is 1. The van der Waals surface area contributed by atoms with Crippen LogP contribution < -0.4 is 22.1 Å². The second-order valence-corrected chi connectivity index (χ2v) is 16.9. The van der Waals surface area contributed by atoms with Crippen molar-refractivity contribution in [3.8, 4) is 11.1 Å². The van der Waals surface area contributed by atoms with E-state index < -0.39 is 5.41 Å². The molecule has 0 spiro atoms. The van der Waals surface area contributed by atoms with Crippen LogP contribution in [0.1, 0.15) is 42.4 Å². The molecule has 2 aliphatic rings. The molecule has 0 bridgehead atoms. The van der Waals surface area contributed by atoms with E-state index in [9.17, 15) is 9.59 Å². The van der Waals surface area contributed by atoms with Crippen molar-refractivity contribution in [3.63, 3.8) is 0 Å². The van der Waals surface area contributed by atoms with Gasteiger partial charge in [0.2, 0.25) is 5.91 Å². The van der Waals surface area contributed by atoms with E-state index in [1.807, 2.05) is 42.5 Å². The number of rotatable bonds is 11. The van der Waals surface area contributed by atoms with Gasteiger partial charge in [-0.15, -0.1) is 27.7 Å². The van der Waals surface area contributed by atoms with E-state index in [2.05, 4.69) is 67.5 Å². The lowest BCUT2D eigenvalue weighted by Gasteiger charge is -2.32. The van der Waals surface area contributed by atoms with Crippen LogP contribution in [0.15, 0.2) is 79.0 Å². The smallest absolute Gasteiger partial charge is 0.253 e. The van der Waals surface area contributed by atoms with Crippen LogP contribution in [0.25, 0.3) is 16.7 Å². The number of anilines is 1. The number of unbranched alkanes of at least 4 members (excludes halogenated alkanes) is 1. The molecule has 0 radical (unpaired) electrons. The summed E-state index contributed by atoms with van der Waals surface area (Å²) in [5.41, 5.74) is 17.2. The first-order chi connectivity index (χ1) is 20.6. The van der Waals surface area contributed by atoms with Crippen LogP contribution in [0.4, 0.5) is 5.69 Å². The molecule has 4 atom stereocenters. The van der Waals surface area contributed by atoms with Gasteiger partial charge in [0.1, 0.15) is 5.41 Å². The van der Waals surface area contributed by atoms with Gasteiger partial charge < -0.3 is 27.0 Å². The Morgan fingerprint density at radius 2 is 1.58 bits per heavy atom. The zero-order valence-corrected chi connectivity index (χ0v) is 27.9. The monoisotopic (exact) mass is 633 g/mol. The highest BCUT2D eigenvalue weighted by Gasteiger charge is 2.48. The van der Waals surface area contributed by atoms with E-state index in [4.69, 9.17) is 11.5 Å². The van der Waals surface area contributed by atoms with E-state index in [-0.39, 0.29) is 22.5 Å². The quantitative estimate of drug-likeness (QED) is 0.109. The van der Waals surface area contributed by atoms with Crippen molar-refractivity contribution >= 4 is 50.8 Å². The lowest BCUT2D eigenvalue weighted by Crippen LogP contribution is -2.46.